The zero-order chi connectivity index (χ0) is 17.1. The molecule has 0 aromatic heterocycles. The number of aromatic carboxylic acids is 1. The van der Waals surface area contributed by atoms with Crippen molar-refractivity contribution in [1.82, 2.24) is 0 Å². The largest absolute Gasteiger partial charge is 0.478 e. The van der Waals surface area contributed by atoms with Crippen molar-refractivity contribution < 1.29 is 14.7 Å². The monoisotopic (exact) mass is 324 g/mol. The molecule has 2 aromatic carbocycles. The molecule has 0 spiro atoms. The van der Waals surface area contributed by atoms with Gasteiger partial charge in [0.15, 0.2) is 5.78 Å². The van der Waals surface area contributed by atoms with E-state index >= 15 is 0 Å². The second-order valence-electron chi connectivity index (χ2n) is 6.01. The van der Waals surface area contributed by atoms with Crippen molar-refractivity contribution in [2.45, 2.75) is 25.3 Å². The van der Waals surface area contributed by atoms with Crippen LogP contribution < -0.4 is 10.6 Å². The predicted octanol–water partition coefficient (Wildman–Crippen LogP) is 3.21. The summed E-state index contributed by atoms with van der Waals surface area (Å²) in [7, 11) is 0. The topological polar surface area (TPSA) is 83.6 Å². The van der Waals surface area contributed by atoms with E-state index in [1.54, 1.807) is 12.1 Å². The van der Waals surface area contributed by atoms with Gasteiger partial charge in [0.05, 0.1) is 11.6 Å². The van der Waals surface area contributed by atoms with Crippen molar-refractivity contribution in [3.8, 4) is 0 Å². The molecule has 1 unspecified atom stereocenters. The third kappa shape index (κ3) is 3.11. The normalized spacial score (nSPS) is 17.5. The van der Waals surface area contributed by atoms with Crippen LogP contribution in [-0.2, 0) is 0 Å². The molecule has 1 aliphatic rings. The van der Waals surface area contributed by atoms with Gasteiger partial charge in [-0.1, -0.05) is 30.3 Å². The van der Waals surface area contributed by atoms with Gasteiger partial charge in [0.25, 0.3) is 0 Å². The Morgan fingerprint density at radius 2 is 1.83 bits per heavy atom. The van der Waals surface area contributed by atoms with Crippen LogP contribution >= 0.6 is 0 Å². The van der Waals surface area contributed by atoms with Crippen LogP contribution in [0.15, 0.2) is 48.5 Å². The number of carboxylic acid groups (broad SMARTS) is 1. The van der Waals surface area contributed by atoms with E-state index in [4.69, 9.17) is 10.8 Å². The average molecular weight is 324 g/mol. The number of ketones is 1. The van der Waals surface area contributed by atoms with Gasteiger partial charge in [-0.25, -0.2) is 4.79 Å². The number of nitrogens with zero attached hydrogens (tertiary/aromatic N) is 1. The van der Waals surface area contributed by atoms with Crippen LogP contribution in [0.2, 0.25) is 0 Å². The highest BCUT2D eigenvalue weighted by atomic mass is 16.4. The summed E-state index contributed by atoms with van der Waals surface area (Å²) in [6.45, 7) is 0.759. The zero-order valence-electron chi connectivity index (χ0n) is 13.3. The number of anilines is 2. The molecule has 1 atom stereocenters. The Morgan fingerprint density at radius 1 is 1.08 bits per heavy atom. The number of carbonyl (C=O) groups is 2. The lowest BCUT2D eigenvalue weighted by Crippen LogP contribution is -2.45. The summed E-state index contributed by atoms with van der Waals surface area (Å²) in [5.74, 6) is -0.953. The number of rotatable bonds is 4. The van der Waals surface area contributed by atoms with Gasteiger partial charge in [0.2, 0.25) is 0 Å². The summed E-state index contributed by atoms with van der Waals surface area (Å²) >= 11 is 0. The molecule has 3 N–H and O–H groups in total. The molecule has 1 heterocycles. The van der Waals surface area contributed by atoms with Crippen molar-refractivity contribution in [2.24, 2.45) is 0 Å². The molecular formula is C19H20N2O3. The molecule has 0 aliphatic carbocycles. The van der Waals surface area contributed by atoms with E-state index in [2.05, 4.69) is 0 Å². The van der Waals surface area contributed by atoms with Crippen LogP contribution in [0.1, 0.15) is 40.0 Å². The summed E-state index contributed by atoms with van der Waals surface area (Å²) in [5.41, 5.74) is 7.67. The average Bonchev–Trinajstić information content (AvgIpc) is 2.61. The Labute approximate surface area is 140 Å². The highest BCUT2D eigenvalue weighted by Gasteiger charge is 2.30. The molecule has 5 nitrogen and oxygen atoms in total. The van der Waals surface area contributed by atoms with Gasteiger partial charge in [-0.3, -0.25) is 4.79 Å². The quantitative estimate of drug-likeness (QED) is 0.666. The maximum atomic E-state index is 12.9. The maximum Gasteiger partial charge on any atom is 0.337 e. The first-order valence-electron chi connectivity index (χ1n) is 8.06. The van der Waals surface area contributed by atoms with E-state index in [0.29, 0.717) is 5.56 Å². The second-order valence-corrected chi connectivity index (χ2v) is 6.01. The Bertz CT molecular complexity index is 758. The third-order valence-corrected chi connectivity index (χ3v) is 4.46. The van der Waals surface area contributed by atoms with Gasteiger partial charge < -0.3 is 15.7 Å². The molecule has 24 heavy (non-hydrogen) atoms. The Hall–Kier alpha value is -2.82. The number of piperidine rings is 1. The van der Waals surface area contributed by atoms with Crippen molar-refractivity contribution in [2.75, 3.05) is 17.2 Å². The number of hydrogen-bond donors (Lipinski definition) is 2. The molecule has 2 aromatic rings. The lowest BCUT2D eigenvalue weighted by molar-refractivity contribution is 0.0697. The van der Waals surface area contributed by atoms with Gasteiger partial charge in [-0.05, 0) is 37.5 Å². The molecular weight excluding hydrogens is 304 g/mol. The van der Waals surface area contributed by atoms with E-state index in [-0.39, 0.29) is 23.1 Å². The van der Waals surface area contributed by atoms with Crippen LogP contribution in [0.4, 0.5) is 11.4 Å². The van der Waals surface area contributed by atoms with Crippen LogP contribution in [-0.4, -0.2) is 29.4 Å². The minimum Gasteiger partial charge on any atom is -0.478 e. The van der Waals surface area contributed by atoms with E-state index in [9.17, 15) is 9.59 Å². The molecule has 1 fully saturated rings. The van der Waals surface area contributed by atoms with E-state index in [1.807, 2.05) is 35.2 Å². The first-order chi connectivity index (χ1) is 11.6. The Kier molecular flexibility index (Phi) is 4.51. The fourth-order valence-electron chi connectivity index (χ4n) is 3.23. The number of nitrogen functional groups attached to an aromatic ring is 1. The van der Waals surface area contributed by atoms with E-state index in [1.165, 1.54) is 6.07 Å². The molecule has 0 amide bonds. The molecule has 0 bridgehead atoms. The van der Waals surface area contributed by atoms with Crippen molar-refractivity contribution in [3.05, 3.63) is 59.7 Å². The maximum absolute atomic E-state index is 12.9. The first-order valence-corrected chi connectivity index (χ1v) is 8.06. The Balaban J connectivity index is 1.91. The highest BCUT2D eigenvalue weighted by molar-refractivity contribution is 6.02. The summed E-state index contributed by atoms with van der Waals surface area (Å²) in [6.07, 6.45) is 2.79. The smallest absolute Gasteiger partial charge is 0.337 e. The molecule has 5 heteroatoms. The summed E-state index contributed by atoms with van der Waals surface area (Å²) in [4.78, 5) is 26.0. The minimum atomic E-state index is -1.05. The third-order valence-electron chi connectivity index (χ3n) is 4.46. The SMILES string of the molecule is Nc1cc(N2CCCCC2C(=O)c2ccccc2)ccc1C(=O)O. The fraction of sp³-hybridized carbons (Fsp3) is 0.263. The van der Waals surface area contributed by atoms with Crippen LogP contribution in [0.5, 0.6) is 0 Å². The molecule has 0 radical (unpaired) electrons. The standard InChI is InChI=1S/C19H20N2O3/c20-16-12-14(9-10-15(16)19(23)24)21-11-5-4-8-17(21)18(22)13-6-2-1-3-7-13/h1-3,6-7,9-10,12,17H,4-5,8,11,20H2,(H,23,24). The van der Waals surface area contributed by atoms with Gasteiger partial charge >= 0.3 is 5.97 Å². The fourth-order valence-corrected chi connectivity index (χ4v) is 3.23. The number of benzene rings is 2. The van der Waals surface area contributed by atoms with Crippen molar-refractivity contribution in [3.63, 3.8) is 0 Å². The van der Waals surface area contributed by atoms with Crippen LogP contribution in [0.3, 0.4) is 0 Å². The molecule has 1 aliphatic heterocycles. The van der Waals surface area contributed by atoms with Gasteiger partial charge in [-0.2, -0.15) is 0 Å². The zero-order valence-corrected chi connectivity index (χ0v) is 13.3. The molecule has 3 rings (SSSR count). The van der Waals surface area contributed by atoms with Crippen molar-refractivity contribution in [1.29, 1.82) is 0 Å². The lowest BCUT2D eigenvalue weighted by atomic mass is 9.93. The number of hydrogen-bond acceptors (Lipinski definition) is 4. The van der Waals surface area contributed by atoms with Gasteiger partial charge in [-0.15, -0.1) is 0 Å². The molecule has 124 valence electrons. The molecule has 0 saturated carbocycles. The minimum absolute atomic E-state index is 0.0849. The van der Waals surface area contributed by atoms with Gasteiger partial charge in [0, 0.05) is 23.5 Å². The van der Waals surface area contributed by atoms with E-state index < -0.39 is 5.97 Å². The predicted molar refractivity (Wildman–Crippen MR) is 93.6 cm³/mol. The number of carboxylic acids is 1. The number of nitrogens with two attached hydrogens (primary N) is 1. The number of carbonyl (C=O) groups excluding carboxylic acids is 1. The lowest BCUT2D eigenvalue weighted by Gasteiger charge is -2.36. The summed E-state index contributed by atoms with van der Waals surface area (Å²) in [5, 5.41) is 9.11. The summed E-state index contributed by atoms with van der Waals surface area (Å²) in [6, 6.07) is 13.9. The first kappa shape index (κ1) is 16.1. The van der Waals surface area contributed by atoms with Crippen molar-refractivity contribution >= 4 is 23.1 Å². The van der Waals surface area contributed by atoms with Crippen LogP contribution in [0, 0.1) is 0 Å². The number of Topliss-reactive ketones (excluding diaryl/α,β-unsaturated/α-hetero) is 1. The Morgan fingerprint density at radius 3 is 2.50 bits per heavy atom. The van der Waals surface area contributed by atoms with Crippen LogP contribution in [0.25, 0.3) is 0 Å². The van der Waals surface area contributed by atoms with E-state index in [0.717, 1.165) is 31.5 Å². The summed E-state index contributed by atoms with van der Waals surface area (Å²) < 4.78 is 0. The highest BCUT2D eigenvalue weighted by Crippen LogP contribution is 2.29. The van der Waals surface area contributed by atoms with Gasteiger partial charge in [0.1, 0.15) is 0 Å². The molecule has 1 saturated heterocycles. The second kappa shape index (κ2) is 6.74.